The normalized spacial score (nSPS) is 13.2. The molecule has 11 aromatic carbocycles. The molecule has 0 bridgehead atoms. The van der Waals surface area contributed by atoms with E-state index in [9.17, 15) is 0 Å². The van der Waals surface area contributed by atoms with Crippen molar-refractivity contribution in [2.24, 2.45) is 0 Å². The summed E-state index contributed by atoms with van der Waals surface area (Å²) in [6, 6.07) is 86.0. The van der Waals surface area contributed by atoms with Gasteiger partial charge in [0.25, 0.3) is 0 Å². The number of rotatable bonds is 4. The van der Waals surface area contributed by atoms with Crippen molar-refractivity contribution in [2.45, 2.75) is 5.41 Å². The molecule has 2 heteroatoms. The van der Waals surface area contributed by atoms with Gasteiger partial charge in [-0.3, -0.25) is 0 Å². The molecule has 2 nitrogen and oxygen atoms in total. The number of nitrogens with zero attached hydrogens (tertiary/aromatic N) is 2. The van der Waals surface area contributed by atoms with Gasteiger partial charge >= 0.3 is 0 Å². The number of hydrogen-bond acceptors (Lipinski definition) is 1. The summed E-state index contributed by atoms with van der Waals surface area (Å²) in [5.74, 6) is 0. The maximum atomic E-state index is 2.60. The first-order valence-corrected chi connectivity index (χ1v) is 21.9. The minimum atomic E-state index is -0.542. The fourth-order valence-corrected chi connectivity index (χ4v) is 11.8. The first-order valence-electron chi connectivity index (χ1n) is 21.9. The van der Waals surface area contributed by atoms with Crippen LogP contribution in [0.1, 0.15) is 22.3 Å². The van der Waals surface area contributed by atoms with Gasteiger partial charge in [-0.1, -0.05) is 182 Å². The van der Waals surface area contributed by atoms with Gasteiger partial charge in [0.2, 0.25) is 0 Å². The van der Waals surface area contributed by atoms with E-state index in [2.05, 4.69) is 240 Å². The number of benzene rings is 11. The quantitative estimate of drug-likeness (QED) is 0.161. The van der Waals surface area contributed by atoms with Crippen LogP contribution < -0.4 is 4.90 Å². The Morgan fingerprint density at radius 1 is 0.317 bits per heavy atom. The predicted molar refractivity (Wildman–Crippen MR) is 264 cm³/mol. The van der Waals surface area contributed by atoms with Gasteiger partial charge in [0.1, 0.15) is 0 Å². The van der Waals surface area contributed by atoms with Gasteiger partial charge < -0.3 is 9.47 Å². The van der Waals surface area contributed by atoms with Gasteiger partial charge in [0.05, 0.1) is 27.8 Å². The summed E-state index contributed by atoms with van der Waals surface area (Å²) in [7, 11) is 0. The summed E-state index contributed by atoms with van der Waals surface area (Å²) in [5, 5.41) is 10.0. The van der Waals surface area contributed by atoms with E-state index in [1.807, 2.05) is 0 Å². The van der Waals surface area contributed by atoms with E-state index in [0.717, 1.165) is 17.1 Å². The standard InChI is InChI=1S/C61H38N2/c1-2-18-39(19-3-1)62-55-32-15-11-27-50(55)59-56(62)33-17-34-57(59)63(40-36-37-45-43-22-5-4-20-41(43)42-21-6-7-23-44(42)51(45)38-40)58-35-16-28-49-48-26-10-14-31-54(48)61(60(49)58)52-29-12-8-24-46(52)47-25-9-13-30-53(47)61/h1-38H. The van der Waals surface area contributed by atoms with Crippen molar-refractivity contribution in [2.75, 3.05) is 4.90 Å². The molecule has 0 radical (unpaired) electrons. The number of para-hydroxylation sites is 2. The van der Waals surface area contributed by atoms with E-state index in [1.165, 1.54) is 104 Å². The average molecular weight is 799 g/mol. The van der Waals surface area contributed by atoms with E-state index in [1.54, 1.807) is 0 Å². The second kappa shape index (κ2) is 12.9. The molecular formula is C61H38N2. The molecule has 1 spiro atoms. The highest BCUT2D eigenvalue weighted by Gasteiger charge is 2.53. The molecule has 0 atom stereocenters. The predicted octanol–water partition coefficient (Wildman–Crippen LogP) is 16.1. The molecule has 0 N–H and O–H groups in total. The van der Waals surface area contributed by atoms with Crippen LogP contribution in [0.3, 0.4) is 0 Å². The second-order valence-corrected chi connectivity index (χ2v) is 17.1. The summed E-state index contributed by atoms with van der Waals surface area (Å²) in [6.07, 6.45) is 0. The van der Waals surface area contributed by atoms with Gasteiger partial charge in [0.15, 0.2) is 0 Å². The molecule has 292 valence electrons. The fourth-order valence-electron chi connectivity index (χ4n) is 11.8. The van der Waals surface area contributed by atoms with Crippen LogP contribution in [0.5, 0.6) is 0 Å². The number of hydrogen-bond donors (Lipinski definition) is 0. The summed E-state index contributed by atoms with van der Waals surface area (Å²) >= 11 is 0. The number of anilines is 3. The van der Waals surface area contributed by atoms with Crippen molar-refractivity contribution >= 4 is 71.2 Å². The highest BCUT2D eigenvalue weighted by Crippen LogP contribution is 2.65. The van der Waals surface area contributed by atoms with Crippen molar-refractivity contribution in [3.05, 3.63) is 253 Å². The van der Waals surface area contributed by atoms with Crippen LogP contribution in [-0.2, 0) is 5.41 Å². The van der Waals surface area contributed by atoms with Crippen LogP contribution >= 0.6 is 0 Å². The third-order valence-corrected chi connectivity index (χ3v) is 14.1. The zero-order valence-corrected chi connectivity index (χ0v) is 34.3. The van der Waals surface area contributed by atoms with Crippen LogP contribution in [0, 0.1) is 0 Å². The zero-order chi connectivity index (χ0) is 41.2. The maximum Gasteiger partial charge on any atom is 0.0746 e. The fraction of sp³-hybridized carbons (Fsp3) is 0.0164. The lowest BCUT2D eigenvalue weighted by Gasteiger charge is -2.36. The maximum absolute atomic E-state index is 2.60. The molecular weight excluding hydrogens is 761 g/mol. The number of fused-ring (bicyclic) bond motifs is 19. The van der Waals surface area contributed by atoms with Crippen LogP contribution in [0.2, 0.25) is 0 Å². The second-order valence-electron chi connectivity index (χ2n) is 17.1. The molecule has 2 aliphatic rings. The molecule has 14 rings (SSSR count). The lowest BCUT2D eigenvalue weighted by molar-refractivity contribution is 0.793. The Kier molecular flexibility index (Phi) is 7.07. The summed E-state index contributed by atoms with van der Waals surface area (Å²) in [5.41, 5.74) is 16.9. The molecule has 2 aliphatic carbocycles. The Morgan fingerprint density at radius 2 is 0.778 bits per heavy atom. The molecule has 63 heavy (non-hydrogen) atoms. The molecule has 0 amide bonds. The monoisotopic (exact) mass is 798 g/mol. The average Bonchev–Trinajstić information content (AvgIpc) is 3.97. The van der Waals surface area contributed by atoms with Crippen LogP contribution in [0.25, 0.3) is 82.1 Å². The Labute approximate surface area is 365 Å². The van der Waals surface area contributed by atoms with Gasteiger partial charge in [-0.05, 0) is 120 Å². The lowest BCUT2D eigenvalue weighted by Crippen LogP contribution is -2.28. The highest BCUT2D eigenvalue weighted by atomic mass is 15.2. The Balaban J connectivity index is 1.16. The summed E-state index contributed by atoms with van der Waals surface area (Å²) < 4.78 is 2.43. The molecule has 0 saturated heterocycles. The van der Waals surface area contributed by atoms with E-state index < -0.39 is 5.41 Å². The van der Waals surface area contributed by atoms with Crippen LogP contribution in [0.15, 0.2) is 231 Å². The van der Waals surface area contributed by atoms with E-state index >= 15 is 0 Å². The minimum absolute atomic E-state index is 0.542. The SMILES string of the molecule is c1ccc(-n2c3ccccc3c3c(N(c4ccc5c6ccccc6c6ccccc6c5c4)c4cccc5c4C4(c6ccccc6-c6ccccc64)c4ccccc4-5)cccc32)cc1. The van der Waals surface area contributed by atoms with Crippen molar-refractivity contribution in [1.29, 1.82) is 0 Å². The molecule has 0 unspecified atom stereocenters. The van der Waals surface area contributed by atoms with Crippen molar-refractivity contribution in [3.8, 4) is 27.9 Å². The van der Waals surface area contributed by atoms with E-state index in [4.69, 9.17) is 0 Å². The highest BCUT2D eigenvalue weighted by molar-refractivity contribution is 6.26. The molecule has 0 fully saturated rings. The molecule has 0 saturated carbocycles. The topological polar surface area (TPSA) is 8.17 Å². The Bertz CT molecular complexity index is 3770. The summed E-state index contributed by atoms with van der Waals surface area (Å²) in [4.78, 5) is 2.60. The number of aromatic nitrogens is 1. The summed E-state index contributed by atoms with van der Waals surface area (Å²) in [6.45, 7) is 0. The smallest absolute Gasteiger partial charge is 0.0746 e. The van der Waals surface area contributed by atoms with Crippen molar-refractivity contribution in [1.82, 2.24) is 4.57 Å². The zero-order valence-electron chi connectivity index (χ0n) is 34.3. The van der Waals surface area contributed by atoms with Gasteiger partial charge in [0, 0.05) is 27.7 Å². The van der Waals surface area contributed by atoms with Gasteiger partial charge in [-0.25, -0.2) is 0 Å². The van der Waals surface area contributed by atoms with Gasteiger partial charge in [-0.15, -0.1) is 0 Å². The Morgan fingerprint density at radius 3 is 1.43 bits per heavy atom. The van der Waals surface area contributed by atoms with E-state index in [-0.39, 0.29) is 0 Å². The largest absolute Gasteiger partial charge is 0.309 e. The third-order valence-electron chi connectivity index (χ3n) is 14.1. The van der Waals surface area contributed by atoms with Crippen molar-refractivity contribution < 1.29 is 0 Å². The molecule has 1 aromatic heterocycles. The van der Waals surface area contributed by atoms with Crippen LogP contribution in [0.4, 0.5) is 17.1 Å². The molecule has 12 aromatic rings. The lowest BCUT2D eigenvalue weighted by atomic mass is 9.70. The Hall–Kier alpha value is -8.20. The van der Waals surface area contributed by atoms with Gasteiger partial charge in [-0.2, -0.15) is 0 Å². The van der Waals surface area contributed by atoms with Crippen molar-refractivity contribution in [3.63, 3.8) is 0 Å². The van der Waals surface area contributed by atoms with E-state index in [0.29, 0.717) is 0 Å². The molecule has 0 aliphatic heterocycles. The minimum Gasteiger partial charge on any atom is -0.309 e. The third kappa shape index (κ3) is 4.52. The first kappa shape index (κ1) is 34.5. The molecule has 1 heterocycles. The van der Waals surface area contributed by atoms with Crippen LogP contribution in [-0.4, -0.2) is 4.57 Å². The first-order chi connectivity index (χ1) is 31.3.